The fraction of sp³-hybridized carbons (Fsp3) is 0.462. The third-order valence-electron chi connectivity index (χ3n) is 3.05. The van der Waals surface area contributed by atoms with Gasteiger partial charge in [0.05, 0.1) is 5.56 Å². The Kier molecular flexibility index (Phi) is 5.56. The molecule has 0 aromatic heterocycles. The predicted molar refractivity (Wildman–Crippen MR) is 71.8 cm³/mol. The number of aryl methyl sites for hydroxylation is 1. The van der Waals surface area contributed by atoms with Crippen LogP contribution in [0.5, 0.6) is 0 Å². The van der Waals surface area contributed by atoms with Gasteiger partial charge in [-0.2, -0.15) is 0 Å². The molecule has 1 aliphatic rings. The molecule has 0 saturated carbocycles. The van der Waals surface area contributed by atoms with E-state index in [1.54, 1.807) is 30.0 Å². The normalized spacial score (nSPS) is 15.8. The summed E-state index contributed by atoms with van der Waals surface area (Å²) in [6.07, 6.45) is 0.916. The lowest BCUT2D eigenvalue weighted by Crippen LogP contribution is -2.34. The Labute approximate surface area is 113 Å². The molecule has 1 saturated heterocycles. The third-order valence-corrected chi connectivity index (χ3v) is 3.05. The van der Waals surface area contributed by atoms with Gasteiger partial charge < -0.3 is 10.2 Å². The van der Waals surface area contributed by atoms with E-state index in [0.717, 1.165) is 19.5 Å². The maximum Gasteiger partial charge on any atom is 0.256 e. The summed E-state index contributed by atoms with van der Waals surface area (Å²) in [6.45, 7) is 4.71. The van der Waals surface area contributed by atoms with E-state index < -0.39 is 5.82 Å². The summed E-state index contributed by atoms with van der Waals surface area (Å²) in [6, 6.07) is 4.96. The maximum atomic E-state index is 13.8. The molecule has 0 spiro atoms. The van der Waals surface area contributed by atoms with E-state index in [4.69, 9.17) is 0 Å². The maximum absolute atomic E-state index is 13.8. The van der Waals surface area contributed by atoms with Crippen molar-refractivity contribution in [2.45, 2.75) is 13.3 Å². The molecule has 1 aromatic rings. The first-order valence-corrected chi connectivity index (χ1v) is 5.95. The average molecular weight is 273 g/mol. The summed E-state index contributed by atoms with van der Waals surface area (Å²) >= 11 is 0. The molecular weight excluding hydrogens is 255 g/mol. The third kappa shape index (κ3) is 3.21. The first-order valence-electron chi connectivity index (χ1n) is 5.95. The van der Waals surface area contributed by atoms with Gasteiger partial charge in [0.1, 0.15) is 5.82 Å². The highest BCUT2D eigenvalue weighted by Gasteiger charge is 2.20. The van der Waals surface area contributed by atoms with Gasteiger partial charge in [-0.25, -0.2) is 4.39 Å². The van der Waals surface area contributed by atoms with Gasteiger partial charge in [-0.15, -0.1) is 12.4 Å². The van der Waals surface area contributed by atoms with Gasteiger partial charge in [0.2, 0.25) is 0 Å². The predicted octanol–water partition coefficient (Wildman–Crippen LogP) is 1.99. The molecule has 1 aliphatic heterocycles. The van der Waals surface area contributed by atoms with Crippen LogP contribution in [0.2, 0.25) is 0 Å². The lowest BCUT2D eigenvalue weighted by atomic mass is 10.1. The van der Waals surface area contributed by atoms with Crippen LogP contribution in [0.15, 0.2) is 18.2 Å². The van der Waals surface area contributed by atoms with Gasteiger partial charge in [-0.1, -0.05) is 12.1 Å². The fourth-order valence-corrected chi connectivity index (χ4v) is 2.03. The van der Waals surface area contributed by atoms with Gasteiger partial charge in [-0.3, -0.25) is 4.79 Å². The number of hydrogen-bond acceptors (Lipinski definition) is 2. The molecule has 0 radical (unpaired) electrons. The van der Waals surface area contributed by atoms with Crippen molar-refractivity contribution in [1.29, 1.82) is 0 Å². The topological polar surface area (TPSA) is 32.3 Å². The van der Waals surface area contributed by atoms with Crippen molar-refractivity contribution in [1.82, 2.24) is 10.2 Å². The number of hydrogen-bond donors (Lipinski definition) is 1. The quantitative estimate of drug-likeness (QED) is 0.848. The highest BCUT2D eigenvalue weighted by molar-refractivity contribution is 5.94. The van der Waals surface area contributed by atoms with Crippen LogP contribution in [0.25, 0.3) is 0 Å². The number of nitrogens with zero attached hydrogens (tertiary/aromatic N) is 1. The Morgan fingerprint density at radius 1 is 1.33 bits per heavy atom. The average Bonchev–Trinajstić information content (AvgIpc) is 2.60. The molecule has 5 heteroatoms. The second kappa shape index (κ2) is 6.71. The minimum Gasteiger partial charge on any atom is -0.337 e. The van der Waals surface area contributed by atoms with Gasteiger partial charge in [-0.05, 0) is 31.5 Å². The minimum atomic E-state index is -0.394. The molecule has 0 atom stereocenters. The van der Waals surface area contributed by atoms with E-state index in [2.05, 4.69) is 5.32 Å². The first kappa shape index (κ1) is 14.9. The van der Waals surface area contributed by atoms with Crippen LogP contribution in [0, 0.1) is 12.7 Å². The SMILES string of the molecule is Cc1cccc(C(=O)N2CCCNCC2)c1F.Cl. The van der Waals surface area contributed by atoms with Crippen LogP contribution in [-0.2, 0) is 0 Å². The molecule has 3 nitrogen and oxygen atoms in total. The summed E-state index contributed by atoms with van der Waals surface area (Å²) < 4.78 is 13.8. The van der Waals surface area contributed by atoms with Crippen molar-refractivity contribution in [2.75, 3.05) is 26.2 Å². The molecule has 0 bridgehead atoms. The van der Waals surface area contributed by atoms with Crippen molar-refractivity contribution >= 4 is 18.3 Å². The van der Waals surface area contributed by atoms with E-state index in [0.29, 0.717) is 18.7 Å². The highest BCUT2D eigenvalue weighted by atomic mass is 35.5. The number of carbonyl (C=O) groups is 1. The molecule has 1 aromatic carbocycles. The van der Waals surface area contributed by atoms with E-state index in [9.17, 15) is 9.18 Å². The van der Waals surface area contributed by atoms with Crippen LogP contribution in [0.1, 0.15) is 22.3 Å². The number of halogens is 2. The zero-order valence-corrected chi connectivity index (χ0v) is 11.2. The van der Waals surface area contributed by atoms with Crippen molar-refractivity contribution in [3.8, 4) is 0 Å². The summed E-state index contributed by atoms with van der Waals surface area (Å²) in [7, 11) is 0. The molecular formula is C13H18ClFN2O. The Balaban J connectivity index is 0.00000162. The summed E-state index contributed by atoms with van der Waals surface area (Å²) in [4.78, 5) is 13.9. The van der Waals surface area contributed by atoms with Crippen molar-refractivity contribution in [2.24, 2.45) is 0 Å². The van der Waals surface area contributed by atoms with Crippen LogP contribution < -0.4 is 5.32 Å². The van der Waals surface area contributed by atoms with Crippen LogP contribution in [0.3, 0.4) is 0 Å². The van der Waals surface area contributed by atoms with Crippen LogP contribution in [-0.4, -0.2) is 37.0 Å². The van der Waals surface area contributed by atoms with Gasteiger partial charge in [0, 0.05) is 19.6 Å². The smallest absolute Gasteiger partial charge is 0.256 e. The second-order valence-corrected chi connectivity index (χ2v) is 4.33. The van der Waals surface area contributed by atoms with E-state index in [-0.39, 0.29) is 23.9 Å². The van der Waals surface area contributed by atoms with Gasteiger partial charge in [0.25, 0.3) is 5.91 Å². The van der Waals surface area contributed by atoms with Crippen molar-refractivity contribution in [3.63, 3.8) is 0 Å². The Hall–Kier alpha value is -1.13. The molecule has 1 N–H and O–H groups in total. The van der Waals surface area contributed by atoms with Gasteiger partial charge in [0.15, 0.2) is 0 Å². The summed E-state index contributed by atoms with van der Waals surface area (Å²) in [5, 5.41) is 3.22. The Bertz CT molecular complexity index is 417. The first-order chi connectivity index (χ1) is 8.20. The van der Waals surface area contributed by atoms with Crippen LogP contribution >= 0.6 is 12.4 Å². The monoisotopic (exact) mass is 272 g/mol. The highest BCUT2D eigenvalue weighted by Crippen LogP contribution is 2.14. The Morgan fingerprint density at radius 3 is 2.89 bits per heavy atom. The van der Waals surface area contributed by atoms with Crippen molar-refractivity contribution < 1.29 is 9.18 Å². The lowest BCUT2D eigenvalue weighted by molar-refractivity contribution is 0.0761. The van der Waals surface area contributed by atoms with Crippen LogP contribution in [0.4, 0.5) is 4.39 Å². The zero-order chi connectivity index (χ0) is 12.3. The Morgan fingerprint density at radius 2 is 2.11 bits per heavy atom. The number of nitrogens with one attached hydrogen (secondary N) is 1. The molecule has 1 amide bonds. The standard InChI is InChI=1S/C13H17FN2O.ClH/c1-10-4-2-5-11(12(10)14)13(17)16-8-3-6-15-7-9-16;/h2,4-5,15H,3,6-9H2,1H3;1H. The molecule has 100 valence electrons. The molecule has 0 aliphatic carbocycles. The minimum absolute atomic E-state index is 0. The summed E-state index contributed by atoms with van der Waals surface area (Å²) in [5.41, 5.74) is 0.704. The summed E-state index contributed by atoms with van der Waals surface area (Å²) in [5.74, 6) is -0.593. The molecule has 0 unspecified atom stereocenters. The van der Waals surface area contributed by atoms with E-state index >= 15 is 0 Å². The van der Waals surface area contributed by atoms with Crippen molar-refractivity contribution in [3.05, 3.63) is 35.1 Å². The molecule has 18 heavy (non-hydrogen) atoms. The molecule has 2 rings (SSSR count). The zero-order valence-electron chi connectivity index (χ0n) is 10.4. The second-order valence-electron chi connectivity index (χ2n) is 4.33. The fourth-order valence-electron chi connectivity index (χ4n) is 2.03. The number of benzene rings is 1. The largest absolute Gasteiger partial charge is 0.337 e. The van der Waals surface area contributed by atoms with E-state index in [1.165, 1.54) is 0 Å². The molecule has 1 heterocycles. The molecule has 1 fully saturated rings. The number of rotatable bonds is 1. The van der Waals surface area contributed by atoms with Gasteiger partial charge >= 0.3 is 0 Å². The van der Waals surface area contributed by atoms with E-state index in [1.807, 2.05) is 0 Å². The number of carbonyl (C=O) groups excluding carboxylic acids is 1. The lowest BCUT2D eigenvalue weighted by Gasteiger charge is -2.20. The number of amides is 1.